The van der Waals surface area contributed by atoms with Crippen molar-refractivity contribution in [3.63, 3.8) is 0 Å². The molecule has 4 rings (SSSR count). The van der Waals surface area contributed by atoms with E-state index in [4.69, 9.17) is 14.2 Å². The van der Waals surface area contributed by atoms with E-state index in [0.29, 0.717) is 12.8 Å². The van der Waals surface area contributed by atoms with Crippen molar-refractivity contribution in [3.8, 4) is 0 Å². The number of hydrogen-bond donors (Lipinski definition) is 3. The lowest BCUT2D eigenvalue weighted by Gasteiger charge is -2.63. The Balaban J connectivity index is 1.71. The third-order valence-electron chi connectivity index (χ3n) is 9.55. The molecule has 4 aliphatic rings. The van der Waals surface area contributed by atoms with E-state index in [0.717, 1.165) is 5.57 Å². The molecule has 1 saturated carbocycles. The second-order valence-corrected chi connectivity index (χ2v) is 12.6. The van der Waals surface area contributed by atoms with Crippen molar-refractivity contribution >= 4 is 17.5 Å². The number of carbonyl (C=O) groups is 3. The van der Waals surface area contributed by atoms with Crippen molar-refractivity contribution in [2.45, 2.75) is 116 Å². The van der Waals surface area contributed by atoms with Crippen LogP contribution in [0.2, 0.25) is 0 Å². The van der Waals surface area contributed by atoms with E-state index in [9.17, 15) is 29.7 Å². The molecule has 0 amide bonds. The normalized spacial score (nSPS) is 38.6. The van der Waals surface area contributed by atoms with Crippen molar-refractivity contribution in [1.82, 2.24) is 0 Å². The number of fused-ring (bicyclic) bond motifs is 3. The maximum absolute atomic E-state index is 13.8. The molecule has 2 heterocycles. The van der Waals surface area contributed by atoms with E-state index in [1.807, 2.05) is 6.92 Å². The molecule has 0 aromatic heterocycles. The van der Waals surface area contributed by atoms with Gasteiger partial charge in [-0.25, -0.2) is 0 Å². The number of ether oxygens (including phenoxy) is 3. The zero-order valence-electron chi connectivity index (χ0n) is 24.1. The minimum atomic E-state index is -1.38. The van der Waals surface area contributed by atoms with Crippen molar-refractivity contribution < 1.29 is 43.9 Å². The summed E-state index contributed by atoms with van der Waals surface area (Å²) in [5.74, 6) is -3.14. The lowest BCUT2D eigenvalue weighted by Crippen LogP contribution is -2.70. The first-order valence-corrected chi connectivity index (χ1v) is 13.7. The van der Waals surface area contributed by atoms with E-state index < -0.39 is 76.5 Å². The Morgan fingerprint density at radius 1 is 1.23 bits per heavy atom. The first-order valence-electron chi connectivity index (χ1n) is 13.7. The predicted octanol–water partition coefficient (Wildman–Crippen LogP) is 2.71. The Morgan fingerprint density at radius 3 is 2.44 bits per heavy atom. The first kappa shape index (κ1) is 29.6. The fourth-order valence-electron chi connectivity index (χ4n) is 7.20. The number of carbonyl (C=O) groups excluding carboxylic acids is 3. The van der Waals surface area contributed by atoms with E-state index in [1.165, 1.54) is 13.0 Å². The highest BCUT2D eigenvalue weighted by Crippen LogP contribution is 2.59. The number of Topliss-reactive ketones (excluding diaryl/α,β-unsaturated/α-hetero) is 1. The second kappa shape index (κ2) is 9.94. The summed E-state index contributed by atoms with van der Waals surface area (Å²) >= 11 is 0. The lowest BCUT2D eigenvalue weighted by molar-refractivity contribution is -0.291. The fraction of sp³-hybridized carbons (Fsp3) is 0.700. The van der Waals surface area contributed by atoms with Crippen LogP contribution in [-0.4, -0.2) is 74.6 Å². The quantitative estimate of drug-likeness (QED) is 0.270. The van der Waals surface area contributed by atoms with Crippen LogP contribution in [0.1, 0.15) is 74.7 Å². The summed E-state index contributed by atoms with van der Waals surface area (Å²) in [6, 6.07) is 0. The van der Waals surface area contributed by atoms with Crippen LogP contribution >= 0.6 is 0 Å². The lowest BCUT2D eigenvalue weighted by atomic mass is 9.51. The summed E-state index contributed by atoms with van der Waals surface area (Å²) in [6.45, 7) is 13.5. The first-order chi connectivity index (χ1) is 18.0. The highest BCUT2D eigenvalue weighted by atomic mass is 16.5. The average Bonchev–Trinajstić information content (AvgIpc) is 2.83. The molecular formula is C30H42O9. The second-order valence-electron chi connectivity index (χ2n) is 12.6. The van der Waals surface area contributed by atoms with Crippen molar-refractivity contribution in [1.29, 1.82) is 0 Å². The molecule has 0 bridgehead atoms. The van der Waals surface area contributed by atoms with Crippen molar-refractivity contribution in [3.05, 3.63) is 34.6 Å². The van der Waals surface area contributed by atoms with Crippen LogP contribution in [0.4, 0.5) is 0 Å². The van der Waals surface area contributed by atoms with Crippen LogP contribution in [-0.2, 0) is 28.6 Å². The average molecular weight is 547 g/mol. The van der Waals surface area contributed by atoms with Gasteiger partial charge in [-0.2, -0.15) is 0 Å². The topological polar surface area (TPSA) is 140 Å². The highest BCUT2D eigenvalue weighted by molar-refractivity contribution is 6.22. The van der Waals surface area contributed by atoms with Crippen LogP contribution < -0.4 is 0 Å². The molecule has 216 valence electrons. The smallest absolute Gasteiger partial charge is 0.303 e. The molecule has 9 nitrogen and oxygen atoms in total. The molecule has 9 atom stereocenters. The van der Waals surface area contributed by atoms with E-state index in [2.05, 4.69) is 0 Å². The maximum Gasteiger partial charge on any atom is 0.303 e. The van der Waals surface area contributed by atoms with Gasteiger partial charge < -0.3 is 29.5 Å². The molecule has 0 spiro atoms. The zero-order chi connectivity index (χ0) is 29.2. The Hall–Kier alpha value is -2.33. The summed E-state index contributed by atoms with van der Waals surface area (Å²) < 4.78 is 18.2. The number of esters is 1. The van der Waals surface area contributed by atoms with E-state index in [-0.39, 0.29) is 23.3 Å². The third-order valence-corrected chi connectivity index (χ3v) is 9.55. The van der Waals surface area contributed by atoms with Gasteiger partial charge in [-0.3, -0.25) is 14.4 Å². The molecule has 1 saturated heterocycles. The Bertz CT molecular complexity index is 1160. The number of aliphatic hydroxyl groups is 3. The third kappa shape index (κ3) is 4.71. The summed E-state index contributed by atoms with van der Waals surface area (Å²) in [5, 5.41) is 33.7. The molecular weight excluding hydrogens is 504 g/mol. The van der Waals surface area contributed by atoms with Gasteiger partial charge in [0.05, 0.1) is 35.6 Å². The standard InChI is InChI=1S/C30H42O9/c1-9-14(2)25(37-16(4)31)15(3)17-12-18(32)22-24(35)27-29(7,39-26(22)23(17)34)11-10-20-30(27,8)19(33)13-21(38-20)28(5,6)36/h9,12,15,19-21,24-25,27,33,35-36H,10-11,13H2,1-8H3/b14-9+/t15-,19?,20+,21+,24+,25+,27-,29+,30-/m0/s1. The van der Waals surface area contributed by atoms with E-state index in [1.54, 1.807) is 47.6 Å². The summed E-state index contributed by atoms with van der Waals surface area (Å²) in [7, 11) is 0. The summed E-state index contributed by atoms with van der Waals surface area (Å²) in [6.07, 6.45) is -0.148. The molecule has 3 N–H and O–H groups in total. The van der Waals surface area contributed by atoms with E-state index >= 15 is 0 Å². The van der Waals surface area contributed by atoms with Crippen molar-refractivity contribution in [2.24, 2.45) is 17.3 Å². The van der Waals surface area contributed by atoms with Gasteiger partial charge in [-0.05, 0) is 59.1 Å². The Labute approximate surface area is 229 Å². The molecule has 2 aliphatic carbocycles. The van der Waals surface area contributed by atoms with Gasteiger partial charge in [0.1, 0.15) is 11.7 Å². The fourth-order valence-corrected chi connectivity index (χ4v) is 7.20. The number of rotatable bonds is 5. The minimum Gasteiger partial charge on any atom is -0.482 e. The minimum absolute atomic E-state index is 0.121. The number of aliphatic hydroxyl groups excluding tert-OH is 2. The molecule has 9 heteroatoms. The van der Waals surface area contributed by atoms with Gasteiger partial charge in [0.2, 0.25) is 5.78 Å². The Kier molecular flexibility index (Phi) is 7.56. The molecule has 0 aromatic carbocycles. The van der Waals surface area contributed by atoms with Crippen LogP contribution in [0.5, 0.6) is 0 Å². The molecule has 2 aliphatic heterocycles. The van der Waals surface area contributed by atoms with Gasteiger partial charge in [-0.15, -0.1) is 0 Å². The maximum atomic E-state index is 13.8. The Morgan fingerprint density at radius 2 is 1.87 bits per heavy atom. The van der Waals surface area contributed by atoms with Crippen LogP contribution in [0, 0.1) is 17.3 Å². The van der Waals surface area contributed by atoms with Crippen molar-refractivity contribution in [2.75, 3.05) is 0 Å². The van der Waals surface area contributed by atoms with Gasteiger partial charge in [-0.1, -0.05) is 19.9 Å². The van der Waals surface area contributed by atoms with Crippen LogP contribution in [0.15, 0.2) is 34.6 Å². The van der Waals surface area contributed by atoms with Gasteiger partial charge >= 0.3 is 5.97 Å². The summed E-state index contributed by atoms with van der Waals surface area (Å²) in [5.41, 5.74) is -2.47. The SMILES string of the molecule is C/C=C(\C)[C@@H](OC(C)=O)[C@@H](C)C1=CC(=O)C2=C(O[C@]3(C)CC[C@H]4O[C@@H](C(C)(C)O)CC(O)[C@]4(C)[C@H]3[C@@H]2O)C1=O. The van der Waals surface area contributed by atoms with Gasteiger partial charge in [0.15, 0.2) is 11.5 Å². The molecule has 2 fully saturated rings. The predicted molar refractivity (Wildman–Crippen MR) is 141 cm³/mol. The largest absolute Gasteiger partial charge is 0.482 e. The number of hydrogen-bond acceptors (Lipinski definition) is 9. The highest BCUT2D eigenvalue weighted by Gasteiger charge is 2.67. The van der Waals surface area contributed by atoms with Crippen LogP contribution in [0.25, 0.3) is 0 Å². The number of ketones is 2. The number of allylic oxidation sites excluding steroid dienone is 3. The van der Waals surface area contributed by atoms with Crippen LogP contribution in [0.3, 0.4) is 0 Å². The molecule has 0 radical (unpaired) electrons. The zero-order valence-corrected chi connectivity index (χ0v) is 24.1. The molecule has 0 aromatic rings. The molecule has 39 heavy (non-hydrogen) atoms. The van der Waals surface area contributed by atoms with Gasteiger partial charge in [0.25, 0.3) is 0 Å². The van der Waals surface area contributed by atoms with Gasteiger partial charge in [0, 0.05) is 36.2 Å². The summed E-state index contributed by atoms with van der Waals surface area (Å²) in [4.78, 5) is 39.1. The molecule has 1 unspecified atom stereocenters. The monoisotopic (exact) mass is 546 g/mol.